The van der Waals surface area contributed by atoms with Gasteiger partial charge in [0.2, 0.25) is 0 Å². The molecule has 0 aliphatic carbocycles. The van der Waals surface area contributed by atoms with Crippen LogP contribution in [0.15, 0.2) is 11.6 Å². The highest BCUT2D eigenvalue weighted by atomic mass is 35.5. The van der Waals surface area contributed by atoms with Crippen molar-refractivity contribution in [3.05, 3.63) is 11.6 Å². The Labute approximate surface area is 58.3 Å². The molecule has 1 amide bonds. The Hall–Kier alpha value is -0.150. The highest BCUT2D eigenvalue weighted by Gasteiger charge is 1.89. The molecule has 2 nitrogen and oxygen atoms in total. The lowest BCUT2D eigenvalue weighted by Crippen LogP contribution is -2.17. The Bertz CT molecular complexity index is 101. The van der Waals surface area contributed by atoms with Crippen molar-refractivity contribution in [1.29, 1.82) is 0 Å². The van der Waals surface area contributed by atoms with Crippen LogP contribution in [0, 0.1) is 0 Å². The molecule has 0 spiro atoms. The van der Waals surface area contributed by atoms with Gasteiger partial charge in [-0.1, -0.05) is 30.8 Å². The smallest absolute Gasteiger partial charge is 0.276 e. The molecule has 0 aliphatic heterocycles. The van der Waals surface area contributed by atoms with Gasteiger partial charge in [0.05, 0.1) is 6.54 Å². The zero-order chi connectivity index (χ0) is 6.57. The van der Waals surface area contributed by atoms with Crippen LogP contribution in [0.5, 0.6) is 0 Å². The van der Waals surface area contributed by atoms with Crippen molar-refractivity contribution in [2.45, 2.75) is 0 Å². The van der Waals surface area contributed by atoms with Crippen LogP contribution in [0.3, 0.4) is 0 Å². The van der Waals surface area contributed by atoms with Crippen LogP contribution in [-0.4, -0.2) is 11.8 Å². The third-order valence-corrected chi connectivity index (χ3v) is 0.723. The normalized spacial score (nSPS) is 8.25. The number of halogens is 1. The topological polar surface area (TPSA) is 29.1 Å². The van der Waals surface area contributed by atoms with E-state index in [2.05, 4.69) is 24.5 Å². The van der Waals surface area contributed by atoms with E-state index >= 15 is 0 Å². The highest BCUT2D eigenvalue weighted by molar-refractivity contribution is 7.96. The first-order valence-electron chi connectivity index (χ1n) is 1.93. The molecule has 0 unspecified atom stereocenters. The van der Waals surface area contributed by atoms with Crippen molar-refractivity contribution in [3.63, 3.8) is 0 Å². The number of amides is 1. The second-order valence-corrected chi connectivity index (χ2v) is 2.12. The maximum absolute atomic E-state index is 10.0. The van der Waals surface area contributed by atoms with Crippen LogP contribution in [0.1, 0.15) is 0 Å². The minimum absolute atomic E-state index is 0.282. The van der Waals surface area contributed by atoms with E-state index in [4.69, 9.17) is 11.6 Å². The molecule has 0 bridgehead atoms. The van der Waals surface area contributed by atoms with Gasteiger partial charge in [0, 0.05) is 5.03 Å². The molecule has 0 aromatic carbocycles. The van der Waals surface area contributed by atoms with Gasteiger partial charge in [-0.15, -0.1) is 0 Å². The monoisotopic (exact) mass is 151 g/mol. The largest absolute Gasteiger partial charge is 0.342 e. The Morgan fingerprint density at radius 3 is 2.50 bits per heavy atom. The van der Waals surface area contributed by atoms with Crippen molar-refractivity contribution in [1.82, 2.24) is 5.32 Å². The molecule has 0 fully saturated rings. The SMILES string of the molecule is C=C(Cl)CNC(=O)S. The summed E-state index contributed by atoms with van der Waals surface area (Å²) in [7, 11) is 0. The van der Waals surface area contributed by atoms with E-state index in [1.54, 1.807) is 0 Å². The Morgan fingerprint density at radius 2 is 2.38 bits per heavy atom. The molecule has 1 N–H and O–H groups in total. The van der Waals surface area contributed by atoms with Gasteiger partial charge in [0.1, 0.15) is 0 Å². The minimum atomic E-state index is -0.396. The van der Waals surface area contributed by atoms with E-state index in [9.17, 15) is 4.79 Å². The van der Waals surface area contributed by atoms with Crippen molar-refractivity contribution >= 4 is 29.5 Å². The number of carbonyl (C=O) groups is 1. The molecular weight excluding hydrogens is 146 g/mol. The zero-order valence-corrected chi connectivity index (χ0v) is 5.80. The molecule has 0 radical (unpaired) electrons. The molecule has 0 aromatic rings. The number of rotatable bonds is 2. The summed E-state index contributed by atoms with van der Waals surface area (Å²) in [4.78, 5) is 10.0. The summed E-state index contributed by atoms with van der Waals surface area (Å²) < 4.78 is 0. The molecule has 46 valence electrons. The summed E-state index contributed by atoms with van der Waals surface area (Å²) in [6.07, 6.45) is 0. The number of thiol groups is 1. The molecule has 0 aliphatic rings. The van der Waals surface area contributed by atoms with E-state index in [0.717, 1.165) is 0 Å². The van der Waals surface area contributed by atoms with Crippen LogP contribution in [-0.2, 0) is 0 Å². The van der Waals surface area contributed by atoms with Gasteiger partial charge in [-0.05, 0) is 0 Å². The van der Waals surface area contributed by atoms with Crippen molar-refractivity contribution in [2.24, 2.45) is 0 Å². The van der Waals surface area contributed by atoms with Crippen LogP contribution < -0.4 is 5.32 Å². The molecular formula is C4H6ClNOS. The Balaban J connectivity index is 3.18. The van der Waals surface area contributed by atoms with Gasteiger partial charge in [-0.2, -0.15) is 0 Å². The average Bonchev–Trinajstić information content (AvgIpc) is 1.61. The van der Waals surface area contributed by atoms with E-state index in [1.165, 1.54) is 0 Å². The maximum Gasteiger partial charge on any atom is 0.276 e. The molecule has 0 heterocycles. The fourth-order valence-electron chi connectivity index (χ4n) is 0.172. The lowest BCUT2D eigenvalue weighted by Gasteiger charge is -1.94. The number of nitrogens with one attached hydrogen (secondary N) is 1. The predicted molar refractivity (Wildman–Crippen MR) is 37.4 cm³/mol. The fraction of sp³-hybridized carbons (Fsp3) is 0.250. The molecule has 0 atom stereocenters. The number of carbonyl (C=O) groups excluding carboxylic acids is 1. The summed E-state index contributed by atoms with van der Waals surface area (Å²) in [6.45, 7) is 3.63. The summed E-state index contributed by atoms with van der Waals surface area (Å²) in [5.74, 6) is 0. The summed E-state index contributed by atoms with van der Waals surface area (Å²) in [6, 6.07) is 0. The quantitative estimate of drug-likeness (QED) is 0.574. The molecule has 8 heavy (non-hydrogen) atoms. The Morgan fingerprint density at radius 1 is 1.88 bits per heavy atom. The number of hydrogen-bond donors (Lipinski definition) is 2. The fourth-order valence-corrected chi connectivity index (χ4v) is 0.317. The van der Waals surface area contributed by atoms with Gasteiger partial charge in [0.25, 0.3) is 5.24 Å². The van der Waals surface area contributed by atoms with Gasteiger partial charge < -0.3 is 5.32 Å². The summed E-state index contributed by atoms with van der Waals surface area (Å²) >= 11 is 8.70. The summed E-state index contributed by atoms with van der Waals surface area (Å²) in [5.41, 5.74) is 0. The van der Waals surface area contributed by atoms with Crippen molar-refractivity contribution in [2.75, 3.05) is 6.54 Å². The first-order chi connectivity index (χ1) is 3.63. The summed E-state index contributed by atoms with van der Waals surface area (Å²) in [5, 5.41) is 2.34. The van der Waals surface area contributed by atoms with Crippen LogP contribution >= 0.6 is 24.2 Å². The minimum Gasteiger partial charge on any atom is -0.342 e. The van der Waals surface area contributed by atoms with E-state index in [0.29, 0.717) is 5.03 Å². The van der Waals surface area contributed by atoms with Gasteiger partial charge in [0.15, 0.2) is 0 Å². The standard InChI is InChI=1S/C4H6ClNOS/c1-3(5)2-6-4(7)8/h1-2H2,(H2,6,7,8). The lowest BCUT2D eigenvalue weighted by molar-refractivity contribution is 0.262. The maximum atomic E-state index is 10.0. The van der Waals surface area contributed by atoms with E-state index in [1.807, 2.05) is 0 Å². The van der Waals surface area contributed by atoms with Crippen LogP contribution in [0.2, 0.25) is 0 Å². The average molecular weight is 152 g/mol. The van der Waals surface area contributed by atoms with E-state index < -0.39 is 5.24 Å². The molecule has 4 heteroatoms. The highest BCUT2D eigenvalue weighted by Crippen LogP contribution is 1.92. The van der Waals surface area contributed by atoms with Crippen LogP contribution in [0.25, 0.3) is 0 Å². The van der Waals surface area contributed by atoms with E-state index in [-0.39, 0.29) is 6.54 Å². The Kier molecular flexibility index (Phi) is 3.73. The molecule has 0 saturated carbocycles. The zero-order valence-electron chi connectivity index (χ0n) is 4.15. The predicted octanol–water partition coefficient (Wildman–Crippen LogP) is 1.38. The van der Waals surface area contributed by atoms with Crippen molar-refractivity contribution < 1.29 is 4.79 Å². The van der Waals surface area contributed by atoms with Gasteiger partial charge in [-0.3, -0.25) is 4.79 Å². The van der Waals surface area contributed by atoms with Crippen LogP contribution in [0.4, 0.5) is 4.79 Å². The van der Waals surface area contributed by atoms with Gasteiger partial charge in [-0.25, -0.2) is 0 Å². The third-order valence-electron chi connectivity index (χ3n) is 0.431. The van der Waals surface area contributed by atoms with Crippen molar-refractivity contribution in [3.8, 4) is 0 Å². The second kappa shape index (κ2) is 3.80. The first-order valence-corrected chi connectivity index (χ1v) is 2.75. The second-order valence-electron chi connectivity index (χ2n) is 1.18. The molecule has 0 aromatic heterocycles. The van der Waals surface area contributed by atoms with Gasteiger partial charge >= 0.3 is 0 Å². The molecule has 0 saturated heterocycles. The molecule has 0 rings (SSSR count). The first kappa shape index (κ1) is 7.85. The lowest BCUT2D eigenvalue weighted by atomic mass is 10.6. The third kappa shape index (κ3) is 5.85. The number of hydrogen-bond acceptors (Lipinski definition) is 1.